The largest absolute Gasteiger partial charge is 0.352 e. The molecule has 0 atom stereocenters. The van der Waals surface area contributed by atoms with Crippen molar-refractivity contribution in [2.24, 2.45) is 5.92 Å². The van der Waals surface area contributed by atoms with Crippen LogP contribution in [-0.4, -0.2) is 32.6 Å². The number of ether oxygens (including phenoxy) is 2. The van der Waals surface area contributed by atoms with E-state index in [1.165, 1.54) is 38.5 Å². The van der Waals surface area contributed by atoms with Crippen molar-refractivity contribution >= 4 is 0 Å². The molecule has 1 N–H and O–H groups in total. The molecule has 0 spiro atoms. The summed E-state index contributed by atoms with van der Waals surface area (Å²) in [5, 5.41) is 3.45. The summed E-state index contributed by atoms with van der Waals surface area (Å²) < 4.78 is 11.0. The van der Waals surface area contributed by atoms with Gasteiger partial charge in [-0.1, -0.05) is 32.1 Å². The van der Waals surface area contributed by atoms with Gasteiger partial charge in [0, 0.05) is 19.8 Å². The van der Waals surface area contributed by atoms with Crippen molar-refractivity contribution in [3.8, 4) is 0 Å². The molecule has 0 bridgehead atoms. The van der Waals surface area contributed by atoms with Crippen LogP contribution in [0.15, 0.2) is 0 Å². The van der Waals surface area contributed by atoms with Crippen LogP contribution < -0.4 is 5.32 Å². The highest BCUT2D eigenvalue weighted by molar-refractivity contribution is 4.67. The third-order valence-corrected chi connectivity index (χ3v) is 3.47. The molecule has 0 aromatic rings. The first-order chi connectivity index (χ1) is 8.36. The molecule has 1 rings (SSSR count). The molecule has 0 unspecified atom stereocenters. The standard InChI is InChI=1S/C14H29NO2/c1-3-16-14(17-4-2)12-15-11-10-13-8-6-5-7-9-13/h13-15H,3-12H2,1-2H3. The van der Waals surface area contributed by atoms with E-state index in [0.29, 0.717) is 0 Å². The number of hydrogen-bond donors (Lipinski definition) is 1. The molecule has 1 aliphatic rings. The Morgan fingerprint density at radius 2 is 1.71 bits per heavy atom. The fourth-order valence-corrected chi connectivity index (χ4v) is 2.54. The van der Waals surface area contributed by atoms with E-state index >= 15 is 0 Å². The zero-order chi connectivity index (χ0) is 12.3. The van der Waals surface area contributed by atoms with Gasteiger partial charge in [0.15, 0.2) is 6.29 Å². The first-order valence-electron chi connectivity index (χ1n) is 7.30. The van der Waals surface area contributed by atoms with E-state index in [9.17, 15) is 0 Å². The van der Waals surface area contributed by atoms with E-state index in [1.807, 2.05) is 13.8 Å². The quantitative estimate of drug-likeness (QED) is 0.499. The van der Waals surface area contributed by atoms with E-state index in [4.69, 9.17) is 9.47 Å². The van der Waals surface area contributed by atoms with E-state index in [-0.39, 0.29) is 6.29 Å². The normalized spacial score (nSPS) is 17.8. The summed E-state index contributed by atoms with van der Waals surface area (Å²) in [5.41, 5.74) is 0. The topological polar surface area (TPSA) is 30.5 Å². The number of hydrogen-bond acceptors (Lipinski definition) is 3. The SMILES string of the molecule is CCOC(CNCCC1CCCCC1)OCC. The van der Waals surface area contributed by atoms with E-state index < -0.39 is 0 Å². The van der Waals surface area contributed by atoms with Crippen molar-refractivity contribution in [3.63, 3.8) is 0 Å². The Balaban J connectivity index is 2.00. The summed E-state index contributed by atoms with van der Waals surface area (Å²) in [5.74, 6) is 0.953. The average Bonchev–Trinajstić information content (AvgIpc) is 2.36. The lowest BCUT2D eigenvalue weighted by Gasteiger charge is -2.22. The Morgan fingerprint density at radius 3 is 2.29 bits per heavy atom. The molecule has 0 heterocycles. The number of rotatable bonds is 9. The smallest absolute Gasteiger partial charge is 0.169 e. The Labute approximate surface area is 106 Å². The van der Waals surface area contributed by atoms with Gasteiger partial charge in [-0.25, -0.2) is 0 Å². The van der Waals surface area contributed by atoms with Gasteiger partial charge in [0.1, 0.15) is 0 Å². The predicted octanol–water partition coefficient (Wildman–Crippen LogP) is 2.95. The van der Waals surface area contributed by atoms with Crippen LogP contribution in [0.1, 0.15) is 52.4 Å². The van der Waals surface area contributed by atoms with Crippen molar-refractivity contribution in [1.82, 2.24) is 5.32 Å². The fourth-order valence-electron chi connectivity index (χ4n) is 2.54. The summed E-state index contributed by atoms with van der Waals surface area (Å²) >= 11 is 0. The summed E-state index contributed by atoms with van der Waals surface area (Å²) in [6.07, 6.45) is 8.42. The molecular formula is C14H29NO2. The number of nitrogens with one attached hydrogen (secondary N) is 1. The van der Waals surface area contributed by atoms with Gasteiger partial charge in [0.05, 0.1) is 0 Å². The van der Waals surface area contributed by atoms with Gasteiger partial charge < -0.3 is 14.8 Å². The van der Waals surface area contributed by atoms with Crippen LogP contribution in [0, 0.1) is 5.92 Å². The van der Waals surface area contributed by atoms with Gasteiger partial charge in [-0.3, -0.25) is 0 Å². The van der Waals surface area contributed by atoms with E-state index in [2.05, 4.69) is 5.32 Å². The Hall–Kier alpha value is -0.120. The fraction of sp³-hybridized carbons (Fsp3) is 1.00. The molecule has 0 radical (unpaired) electrons. The molecule has 1 aliphatic carbocycles. The van der Waals surface area contributed by atoms with E-state index in [0.717, 1.165) is 32.2 Å². The molecular weight excluding hydrogens is 214 g/mol. The Kier molecular flexibility index (Phi) is 8.67. The maximum atomic E-state index is 5.49. The zero-order valence-electron chi connectivity index (χ0n) is 11.5. The molecule has 17 heavy (non-hydrogen) atoms. The Morgan fingerprint density at radius 1 is 1.06 bits per heavy atom. The lowest BCUT2D eigenvalue weighted by Crippen LogP contribution is -2.32. The first-order valence-corrected chi connectivity index (χ1v) is 7.30. The van der Waals surface area contributed by atoms with Crippen LogP contribution in [-0.2, 0) is 9.47 Å². The Bertz CT molecular complexity index is 164. The molecule has 0 aromatic carbocycles. The third kappa shape index (κ3) is 7.02. The van der Waals surface area contributed by atoms with Gasteiger partial charge >= 0.3 is 0 Å². The molecule has 0 aliphatic heterocycles. The van der Waals surface area contributed by atoms with Gasteiger partial charge in [-0.2, -0.15) is 0 Å². The molecule has 1 saturated carbocycles. The van der Waals surface area contributed by atoms with Gasteiger partial charge in [-0.05, 0) is 32.7 Å². The zero-order valence-corrected chi connectivity index (χ0v) is 11.5. The van der Waals surface area contributed by atoms with Crippen molar-refractivity contribution < 1.29 is 9.47 Å². The molecule has 1 fully saturated rings. The van der Waals surface area contributed by atoms with Crippen molar-refractivity contribution in [1.29, 1.82) is 0 Å². The molecule has 0 saturated heterocycles. The summed E-state index contributed by atoms with van der Waals surface area (Å²) in [7, 11) is 0. The highest BCUT2D eigenvalue weighted by Gasteiger charge is 2.13. The van der Waals surface area contributed by atoms with Crippen LogP contribution >= 0.6 is 0 Å². The second-order valence-electron chi connectivity index (χ2n) is 4.84. The van der Waals surface area contributed by atoms with Crippen LogP contribution in [0.3, 0.4) is 0 Å². The van der Waals surface area contributed by atoms with Crippen molar-refractivity contribution in [2.45, 2.75) is 58.7 Å². The molecule has 3 nitrogen and oxygen atoms in total. The monoisotopic (exact) mass is 243 g/mol. The highest BCUT2D eigenvalue weighted by atomic mass is 16.7. The molecule has 0 aromatic heterocycles. The maximum Gasteiger partial charge on any atom is 0.169 e. The van der Waals surface area contributed by atoms with Gasteiger partial charge in [-0.15, -0.1) is 0 Å². The molecule has 0 amide bonds. The minimum atomic E-state index is -0.0728. The lowest BCUT2D eigenvalue weighted by molar-refractivity contribution is -0.132. The lowest BCUT2D eigenvalue weighted by atomic mass is 9.87. The van der Waals surface area contributed by atoms with E-state index in [1.54, 1.807) is 0 Å². The van der Waals surface area contributed by atoms with Crippen LogP contribution in [0.25, 0.3) is 0 Å². The predicted molar refractivity (Wildman–Crippen MR) is 71.1 cm³/mol. The van der Waals surface area contributed by atoms with Gasteiger partial charge in [0.2, 0.25) is 0 Å². The highest BCUT2D eigenvalue weighted by Crippen LogP contribution is 2.25. The summed E-state index contributed by atoms with van der Waals surface area (Å²) in [6, 6.07) is 0. The molecule has 102 valence electrons. The first kappa shape index (κ1) is 14.9. The minimum Gasteiger partial charge on any atom is -0.352 e. The van der Waals surface area contributed by atoms with Crippen LogP contribution in [0.5, 0.6) is 0 Å². The summed E-state index contributed by atoms with van der Waals surface area (Å²) in [6.45, 7) is 7.36. The third-order valence-electron chi connectivity index (χ3n) is 3.47. The average molecular weight is 243 g/mol. The maximum absolute atomic E-state index is 5.49. The molecule has 3 heteroatoms. The second kappa shape index (κ2) is 9.86. The summed E-state index contributed by atoms with van der Waals surface area (Å²) in [4.78, 5) is 0. The van der Waals surface area contributed by atoms with Crippen LogP contribution in [0.2, 0.25) is 0 Å². The minimum absolute atomic E-state index is 0.0728. The van der Waals surface area contributed by atoms with Crippen molar-refractivity contribution in [3.05, 3.63) is 0 Å². The van der Waals surface area contributed by atoms with Crippen LogP contribution in [0.4, 0.5) is 0 Å². The second-order valence-corrected chi connectivity index (χ2v) is 4.84. The van der Waals surface area contributed by atoms with Crippen molar-refractivity contribution in [2.75, 3.05) is 26.3 Å². The van der Waals surface area contributed by atoms with Gasteiger partial charge in [0.25, 0.3) is 0 Å².